The number of H-pyrrole nitrogens is 1. The van der Waals surface area contributed by atoms with Crippen molar-refractivity contribution < 1.29 is 0 Å². The van der Waals surface area contributed by atoms with E-state index in [0.29, 0.717) is 0 Å². The molecule has 1 aromatic carbocycles. The van der Waals surface area contributed by atoms with Gasteiger partial charge in [0.1, 0.15) is 0 Å². The molecular formula is C12H9NO. The molecule has 1 aromatic heterocycles. The highest BCUT2D eigenvalue weighted by atomic mass is 16.1. The maximum atomic E-state index is 11.5. The summed E-state index contributed by atoms with van der Waals surface area (Å²) in [7, 11) is 0. The zero-order valence-electron chi connectivity index (χ0n) is 7.58. The van der Waals surface area contributed by atoms with Crippen LogP contribution in [-0.2, 0) is 6.42 Å². The Morgan fingerprint density at radius 1 is 1.07 bits per heavy atom. The first-order valence-corrected chi connectivity index (χ1v) is 4.65. The van der Waals surface area contributed by atoms with Gasteiger partial charge in [0.25, 0.3) is 5.56 Å². The third-order valence-corrected chi connectivity index (χ3v) is 2.74. The third-order valence-electron chi connectivity index (χ3n) is 2.74. The number of hydrogen-bond acceptors (Lipinski definition) is 1. The van der Waals surface area contributed by atoms with Gasteiger partial charge in [-0.1, -0.05) is 24.3 Å². The fraction of sp³-hybridized carbons (Fsp3) is 0.0833. The molecule has 1 N–H and O–H groups in total. The molecule has 1 heterocycles. The molecule has 1 aliphatic rings. The first-order valence-electron chi connectivity index (χ1n) is 4.65. The van der Waals surface area contributed by atoms with E-state index in [-0.39, 0.29) is 5.56 Å². The van der Waals surface area contributed by atoms with Gasteiger partial charge < -0.3 is 4.98 Å². The topological polar surface area (TPSA) is 32.9 Å². The van der Waals surface area contributed by atoms with Gasteiger partial charge in [-0.3, -0.25) is 4.79 Å². The second kappa shape index (κ2) is 2.58. The lowest BCUT2D eigenvalue weighted by Crippen LogP contribution is -2.09. The summed E-state index contributed by atoms with van der Waals surface area (Å²) < 4.78 is 0. The van der Waals surface area contributed by atoms with Crippen molar-refractivity contribution in [2.24, 2.45) is 0 Å². The lowest BCUT2D eigenvalue weighted by atomic mass is 10.1. The van der Waals surface area contributed by atoms with Crippen molar-refractivity contribution in [3.05, 3.63) is 58.0 Å². The molecule has 3 rings (SSSR count). The van der Waals surface area contributed by atoms with E-state index in [1.54, 1.807) is 6.20 Å². The molecular weight excluding hydrogens is 174 g/mol. The van der Waals surface area contributed by atoms with Crippen LogP contribution < -0.4 is 5.56 Å². The van der Waals surface area contributed by atoms with Crippen molar-refractivity contribution in [3.8, 4) is 11.1 Å². The lowest BCUT2D eigenvalue weighted by molar-refractivity contribution is 1.14. The van der Waals surface area contributed by atoms with Gasteiger partial charge in [0.15, 0.2) is 0 Å². The van der Waals surface area contributed by atoms with E-state index in [1.165, 1.54) is 11.1 Å². The number of nitrogens with one attached hydrogen (secondary N) is 1. The van der Waals surface area contributed by atoms with Gasteiger partial charge in [0.05, 0.1) is 0 Å². The maximum Gasteiger partial charge on any atom is 0.252 e. The number of aromatic nitrogens is 1. The van der Waals surface area contributed by atoms with Crippen LogP contribution in [0.15, 0.2) is 41.3 Å². The first kappa shape index (κ1) is 7.56. The minimum Gasteiger partial charge on any atom is -0.329 e. The Labute approximate surface area is 81.2 Å². The van der Waals surface area contributed by atoms with Gasteiger partial charge in [0.2, 0.25) is 0 Å². The van der Waals surface area contributed by atoms with E-state index >= 15 is 0 Å². The Morgan fingerprint density at radius 2 is 1.93 bits per heavy atom. The zero-order chi connectivity index (χ0) is 9.54. The van der Waals surface area contributed by atoms with Crippen LogP contribution >= 0.6 is 0 Å². The number of rotatable bonds is 0. The summed E-state index contributed by atoms with van der Waals surface area (Å²) in [5.41, 5.74) is 4.48. The van der Waals surface area contributed by atoms with Crippen molar-refractivity contribution >= 4 is 0 Å². The van der Waals surface area contributed by atoms with Crippen molar-refractivity contribution in [1.82, 2.24) is 4.98 Å². The largest absolute Gasteiger partial charge is 0.329 e. The SMILES string of the molecule is O=c1[nH]ccc2c1Cc1ccccc1-2. The average molecular weight is 183 g/mol. The predicted octanol–water partition coefficient (Wildman–Crippen LogP) is 1.95. The molecule has 0 spiro atoms. The molecule has 0 amide bonds. The van der Waals surface area contributed by atoms with E-state index in [9.17, 15) is 4.79 Å². The molecule has 0 radical (unpaired) electrons. The van der Waals surface area contributed by atoms with Crippen LogP contribution in [0.5, 0.6) is 0 Å². The Balaban J connectivity index is 2.38. The van der Waals surface area contributed by atoms with Crippen molar-refractivity contribution in [3.63, 3.8) is 0 Å². The standard InChI is InChI=1S/C12H9NO/c14-12-11-7-8-3-1-2-4-9(8)10(11)5-6-13-12/h1-6H,7H2,(H,13,14). The normalized spacial score (nSPS) is 12.3. The van der Waals surface area contributed by atoms with Crippen LogP contribution in [0.2, 0.25) is 0 Å². The van der Waals surface area contributed by atoms with E-state index in [1.807, 2.05) is 18.2 Å². The van der Waals surface area contributed by atoms with E-state index < -0.39 is 0 Å². The smallest absolute Gasteiger partial charge is 0.252 e. The molecule has 0 atom stereocenters. The molecule has 0 unspecified atom stereocenters. The van der Waals surface area contributed by atoms with Gasteiger partial charge in [-0.05, 0) is 22.8 Å². The van der Waals surface area contributed by atoms with Crippen LogP contribution in [0.25, 0.3) is 11.1 Å². The second-order valence-corrected chi connectivity index (χ2v) is 3.53. The summed E-state index contributed by atoms with van der Waals surface area (Å²) in [6.45, 7) is 0. The molecule has 14 heavy (non-hydrogen) atoms. The summed E-state index contributed by atoms with van der Waals surface area (Å²) in [5.74, 6) is 0. The molecule has 0 saturated carbocycles. The Morgan fingerprint density at radius 3 is 2.86 bits per heavy atom. The zero-order valence-corrected chi connectivity index (χ0v) is 7.58. The maximum absolute atomic E-state index is 11.5. The highest BCUT2D eigenvalue weighted by Crippen LogP contribution is 2.33. The van der Waals surface area contributed by atoms with E-state index in [2.05, 4.69) is 17.1 Å². The van der Waals surface area contributed by atoms with E-state index in [0.717, 1.165) is 17.5 Å². The molecule has 2 nitrogen and oxygen atoms in total. The third kappa shape index (κ3) is 0.880. The summed E-state index contributed by atoms with van der Waals surface area (Å²) in [5, 5.41) is 0. The number of pyridine rings is 1. The highest BCUT2D eigenvalue weighted by Gasteiger charge is 2.19. The van der Waals surface area contributed by atoms with Crippen LogP contribution in [0.4, 0.5) is 0 Å². The summed E-state index contributed by atoms with van der Waals surface area (Å²) in [4.78, 5) is 14.2. The fourth-order valence-electron chi connectivity index (χ4n) is 2.07. The van der Waals surface area contributed by atoms with Crippen LogP contribution in [0.3, 0.4) is 0 Å². The van der Waals surface area contributed by atoms with Gasteiger partial charge in [-0.25, -0.2) is 0 Å². The quantitative estimate of drug-likeness (QED) is 0.567. The minimum atomic E-state index is 0.0405. The Kier molecular flexibility index (Phi) is 1.39. The molecule has 0 fully saturated rings. The molecule has 0 saturated heterocycles. The van der Waals surface area contributed by atoms with Gasteiger partial charge in [0, 0.05) is 18.2 Å². The highest BCUT2D eigenvalue weighted by molar-refractivity contribution is 5.75. The minimum absolute atomic E-state index is 0.0405. The molecule has 0 bridgehead atoms. The molecule has 68 valence electrons. The first-order chi connectivity index (χ1) is 6.86. The molecule has 2 aromatic rings. The van der Waals surface area contributed by atoms with E-state index in [4.69, 9.17) is 0 Å². The number of aromatic amines is 1. The number of fused-ring (bicyclic) bond motifs is 3. The average Bonchev–Trinajstić information content (AvgIpc) is 2.59. The summed E-state index contributed by atoms with van der Waals surface area (Å²) in [6.07, 6.45) is 2.48. The van der Waals surface area contributed by atoms with Gasteiger partial charge >= 0.3 is 0 Å². The number of benzene rings is 1. The lowest BCUT2D eigenvalue weighted by Gasteiger charge is -1.97. The fourth-order valence-corrected chi connectivity index (χ4v) is 2.07. The molecule has 0 aliphatic heterocycles. The number of hydrogen-bond donors (Lipinski definition) is 1. The van der Waals surface area contributed by atoms with Crippen molar-refractivity contribution in [2.75, 3.05) is 0 Å². The Hall–Kier alpha value is -1.83. The van der Waals surface area contributed by atoms with Crippen molar-refractivity contribution in [1.29, 1.82) is 0 Å². The van der Waals surface area contributed by atoms with Crippen molar-refractivity contribution in [2.45, 2.75) is 6.42 Å². The van der Waals surface area contributed by atoms with Gasteiger partial charge in [-0.15, -0.1) is 0 Å². The molecule has 1 aliphatic carbocycles. The predicted molar refractivity (Wildman–Crippen MR) is 55.3 cm³/mol. The Bertz CT molecular complexity index is 554. The van der Waals surface area contributed by atoms with Crippen LogP contribution in [0.1, 0.15) is 11.1 Å². The monoisotopic (exact) mass is 183 g/mol. The molecule has 2 heteroatoms. The summed E-state index contributed by atoms with van der Waals surface area (Å²) >= 11 is 0. The summed E-state index contributed by atoms with van der Waals surface area (Å²) in [6, 6.07) is 10.1. The second-order valence-electron chi connectivity index (χ2n) is 3.53. The van der Waals surface area contributed by atoms with Crippen LogP contribution in [-0.4, -0.2) is 4.98 Å². The van der Waals surface area contributed by atoms with Crippen LogP contribution in [0, 0.1) is 0 Å². The van der Waals surface area contributed by atoms with Gasteiger partial charge in [-0.2, -0.15) is 0 Å².